The maximum atomic E-state index is 10.9. The van der Waals surface area contributed by atoms with Crippen molar-refractivity contribution in [3.8, 4) is 0 Å². The van der Waals surface area contributed by atoms with Gasteiger partial charge in [0, 0.05) is 23.3 Å². The molecule has 0 fully saturated rings. The molecule has 0 unspecified atom stereocenters. The molecular weight excluding hydrogens is 340 g/mol. The number of benzene rings is 2. The average molecular weight is 355 g/mol. The van der Waals surface area contributed by atoms with E-state index in [0.29, 0.717) is 23.2 Å². The van der Waals surface area contributed by atoms with Crippen molar-refractivity contribution in [3.63, 3.8) is 0 Å². The summed E-state index contributed by atoms with van der Waals surface area (Å²) in [6.45, 7) is 0.612. The molecule has 0 saturated heterocycles. The number of hydrogen-bond donors (Lipinski definition) is 3. The number of aromatic carboxylic acids is 1. The van der Waals surface area contributed by atoms with Crippen LogP contribution >= 0.6 is 11.6 Å². The number of nitrogens with one attached hydrogen (secondary N) is 2. The molecule has 0 amide bonds. The molecule has 0 radical (unpaired) electrons. The normalized spacial score (nSPS) is 10.3. The molecule has 6 nitrogen and oxygen atoms in total. The van der Waals surface area contributed by atoms with E-state index < -0.39 is 5.97 Å². The third-order valence-electron chi connectivity index (χ3n) is 3.46. The van der Waals surface area contributed by atoms with E-state index in [9.17, 15) is 4.79 Å². The molecule has 0 aliphatic rings. The first-order chi connectivity index (χ1) is 12.1. The molecule has 1 aromatic heterocycles. The molecule has 3 N–H and O–H groups in total. The van der Waals surface area contributed by atoms with E-state index in [1.165, 1.54) is 18.5 Å². The van der Waals surface area contributed by atoms with Crippen LogP contribution in [0.15, 0.2) is 60.9 Å². The van der Waals surface area contributed by atoms with Gasteiger partial charge in [-0.3, -0.25) is 0 Å². The Balaban J connectivity index is 1.64. The molecule has 7 heteroatoms. The van der Waals surface area contributed by atoms with Gasteiger partial charge in [0.1, 0.15) is 18.0 Å². The van der Waals surface area contributed by atoms with Crippen LogP contribution in [0.3, 0.4) is 0 Å². The lowest BCUT2D eigenvalue weighted by molar-refractivity contribution is 0.0697. The van der Waals surface area contributed by atoms with Gasteiger partial charge in [-0.1, -0.05) is 23.7 Å². The number of carboxylic acid groups (broad SMARTS) is 1. The number of halogens is 1. The minimum Gasteiger partial charge on any atom is -0.478 e. The molecule has 3 rings (SSSR count). The molecule has 0 saturated carbocycles. The standard InChI is InChI=1S/C18H15ClN4O2/c19-14-5-1-12(2-6-14)10-20-16-9-17(22-11-21-16)23-15-7-3-13(4-8-15)18(24)25/h1-9,11H,10H2,(H,24,25)(H2,20,21,22,23). The maximum Gasteiger partial charge on any atom is 0.335 e. The number of anilines is 3. The third-order valence-corrected chi connectivity index (χ3v) is 3.71. The van der Waals surface area contributed by atoms with Gasteiger partial charge in [0.2, 0.25) is 0 Å². The van der Waals surface area contributed by atoms with Crippen LogP contribution in [0.5, 0.6) is 0 Å². The van der Waals surface area contributed by atoms with Gasteiger partial charge in [0.15, 0.2) is 0 Å². The van der Waals surface area contributed by atoms with Crippen LogP contribution in [0.25, 0.3) is 0 Å². The van der Waals surface area contributed by atoms with Crippen LogP contribution in [-0.4, -0.2) is 21.0 Å². The minimum absolute atomic E-state index is 0.235. The summed E-state index contributed by atoms with van der Waals surface area (Å²) in [5, 5.41) is 15.9. The number of hydrogen-bond acceptors (Lipinski definition) is 5. The lowest BCUT2D eigenvalue weighted by Gasteiger charge is -2.09. The molecule has 0 aliphatic heterocycles. The summed E-state index contributed by atoms with van der Waals surface area (Å²) in [5.74, 6) is 0.327. The second-order valence-corrected chi connectivity index (χ2v) is 5.71. The van der Waals surface area contributed by atoms with Gasteiger partial charge in [-0.15, -0.1) is 0 Å². The fraction of sp³-hybridized carbons (Fsp3) is 0.0556. The van der Waals surface area contributed by atoms with Crippen molar-refractivity contribution >= 4 is 34.9 Å². The van der Waals surface area contributed by atoms with Crippen LogP contribution in [0.2, 0.25) is 5.02 Å². The monoisotopic (exact) mass is 354 g/mol. The summed E-state index contributed by atoms with van der Waals surface area (Å²) in [5.41, 5.74) is 2.06. The Morgan fingerprint density at radius 3 is 2.36 bits per heavy atom. The van der Waals surface area contributed by atoms with Crippen LogP contribution in [0, 0.1) is 0 Å². The quantitative estimate of drug-likeness (QED) is 0.615. The van der Waals surface area contributed by atoms with E-state index in [-0.39, 0.29) is 5.56 Å². The molecule has 126 valence electrons. The third kappa shape index (κ3) is 4.68. The van der Waals surface area contributed by atoms with Crippen LogP contribution in [0.4, 0.5) is 17.3 Å². The fourth-order valence-electron chi connectivity index (χ4n) is 2.16. The molecule has 0 bridgehead atoms. The molecular formula is C18H15ClN4O2. The van der Waals surface area contributed by atoms with Crippen molar-refractivity contribution in [2.75, 3.05) is 10.6 Å². The highest BCUT2D eigenvalue weighted by atomic mass is 35.5. The number of carboxylic acids is 1. The van der Waals surface area contributed by atoms with Gasteiger partial charge in [-0.25, -0.2) is 14.8 Å². The lowest BCUT2D eigenvalue weighted by atomic mass is 10.2. The molecule has 1 heterocycles. The Hall–Kier alpha value is -3.12. The van der Waals surface area contributed by atoms with Gasteiger partial charge in [0.05, 0.1) is 5.56 Å². The van der Waals surface area contributed by atoms with Gasteiger partial charge in [0.25, 0.3) is 0 Å². The minimum atomic E-state index is -0.956. The topological polar surface area (TPSA) is 87.1 Å². The van der Waals surface area contributed by atoms with Gasteiger partial charge < -0.3 is 15.7 Å². The largest absolute Gasteiger partial charge is 0.478 e. The van der Waals surface area contributed by atoms with Crippen molar-refractivity contribution in [1.82, 2.24) is 9.97 Å². The summed E-state index contributed by atoms with van der Waals surface area (Å²) in [6.07, 6.45) is 1.46. The van der Waals surface area contributed by atoms with E-state index in [1.807, 2.05) is 24.3 Å². The van der Waals surface area contributed by atoms with Crippen molar-refractivity contribution in [2.24, 2.45) is 0 Å². The molecule has 2 aromatic carbocycles. The molecule has 0 aliphatic carbocycles. The van der Waals surface area contributed by atoms with Crippen molar-refractivity contribution in [2.45, 2.75) is 6.54 Å². The lowest BCUT2D eigenvalue weighted by Crippen LogP contribution is -2.03. The fourth-order valence-corrected chi connectivity index (χ4v) is 2.29. The van der Waals surface area contributed by atoms with Crippen molar-refractivity contribution in [3.05, 3.63) is 77.1 Å². The van der Waals surface area contributed by atoms with Crippen molar-refractivity contribution < 1.29 is 9.90 Å². The second-order valence-electron chi connectivity index (χ2n) is 5.28. The summed E-state index contributed by atoms with van der Waals surface area (Å²) in [4.78, 5) is 19.2. The summed E-state index contributed by atoms with van der Waals surface area (Å²) < 4.78 is 0. The van der Waals surface area contributed by atoms with Gasteiger partial charge >= 0.3 is 5.97 Å². The Morgan fingerprint density at radius 2 is 1.68 bits per heavy atom. The zero-order chi connectivity index (χ0) is 17.6. The molecule has 0 atom stereocenters. The zero-order valence-corrected chi connectivity index (χ0v) is 13.9. The molecule has 25 heavy (non-hydrogen) atoms. The van der Waals surface area contributed by atoms with Crippen molar-refractivity contribution in [1.29, 1.82) is 0 Å². The van der Waals surface area contributed by atoms with Crippen LogP contribution in [0.1, 0.15) is 15.9 Å². The highest BCUT2D eigenvalue weighted by Crippen LogP contribution is 2.18. The zero-order valence-electron chi connectivity index (χ0n) is 13.1. The summed E-state index contributed by atoms with van der Waals surface area (Å²) in [6, 6.07) is 15.8. The molecule has 0 spiro atoms. The first-order valence-electron chi connectivity index (χ1n) is 7.51. The summed E-state index contributed by atoms with van der Waals surface area (Å²) in [7, 11) is 0. The number of carbonyl (C=O) groups is 1. The predicted molar refractivity (Wildman–Crippen MR) is 97.5 cm³/mol. The second kappa shape index (κ2) is 7.63. The first kappa shape index (κ1) is 16.7. The Labute approximate surface area is 149 Å². The Morgan fingerprint density at radius 1 is 1.00 bits per heavy atom. The van der Waals surface area contributed by atoms with Crippen LogP contribution in [-0.2, 0) is 6.54 Å². The van der Waals surface area contributed by atoms with E-state index >= 15 is 0 Å². The number of rotatable bonds is 6. The average Bonchev–Trinajstić information content (AvgIpc) is 2.62. The molecule has 3 aromatic rings. The van der Waals surface area contributed by atoms with E-state index in [2.05, 4.69) is 20.6 Å². The van der Waals surface area contributed by atoms with Crippen LogP contribution < -0.4 is 10.6 Å². The maximum absolute atomic E-state index is 10.9. The predicted octanol–water partition coefficient (Wildman–Crippen LogP) is 4.18. The highest BCUT2D eigenvalue weighted by Gasteiger charge is 2.03. The van der Waals surface area contributed by atoms with E-state index in [0.717, 1.165) is 11.3 Å². The van der Waals surface area contributed by atoms with Gasteiger partial charge in [-0.2, -0.15) is 0 Å². The number of nitrogens with zero attached hydrogens (tertiary/aromatic N) is 2. The van der Waals surface area contributed by atoms with E-state index in [4.69, 9.17) is 16.7 Å². The van der Waals surface area contributed by atoms with E-state index in [1.54, 1.807) is 18.2 Å². The highest BCUT2D eigenvalue weighted by molar-refractivity contribution is 6.30. The number of aromatic nitrogens is 2. The Kier molecular flexibility index (Phi) is 5.11. The van der Waals surface area contributed by atoms with Gasteiger partial charge in [-0.05, 0) is 42.0 Å². The first-order valence-corrected chi connectivity index (χ1v) is 7.89. The Bertz CT molecular complexity index is 867. The SMILES string of the molecule is O=C(O)c1ccc(Nc2cc(NCc3ccc(Cl)cc3)ncn2)cc1. The summed E-state index contributed by atoms with van der Waals surface area (Å²) >= 11 is 5.87. The smallest absolute Gasteiger partial charge is 0.335 e.